The fourth-order valence-corrected chi connectivity index (χ4v) is 6.67. The number of ether oxygens (including phenoxy) is 1. The lowest BCUT2D eigenvalue weighted by Gasteiger charge is -2.53. The van der Waals surface area contributed by atoms with Crippen LogP contribution in [0.5, 0.6) is 0 Å². The van der Waals surface area contributed by atoms with Gasteiger partial charge in [0.25, 0.3) is 0 Å². The van der Waals surface area contributed by atoms with Crippen LogP contribution in [0.25, 0.3) is 0 Å². The number of rotatable bonds is 2. The van der Waals surface area contributed by atoms with Crippen molar-refractivity contribution in [3.05, 3.63) is 22.8 Å². The van der Waals surface area contributed by atoms with Gasteiger partial charge < -0.3 is 9.84 Å². The molecule has 0 aliphatic heterocycles. The van der Waals surface area contributed by atoms with Crippen LogP contribution in [0.4, 0.5) is 0 Å². The molecule has 0 spiro atoms. The third kappa shape index (κ3) is 2.66. The van der Waals surface area contributed by atoms with Gasteiger partial charge >= 0.3 is 5.97 Å². The molecule has 0 saturated heterocycles. The summed E-state index contributed by atoms with van der Waals surface area (Å²) in [5.74, 6) is 0.923. The number of carbonyl (C=O) groups excluding carboxylic acids is 2. The SMILES string of the molecule is CC(=O)O[C@H]1CC[C@@]2(C)C(=CC[C@H]3C4=C(CC[C@@H]32)[C@](C)(C(C)=O)[C@H](O)C4)C1. The second kappa shape index (κ2) is 6.30. The zero-order valence-corrected chi connectivity index (χ0v) is 17.0. The van der Waals surface area contributed by atoms with Crippen molar-refractivity contribution in [3.63, 3.8) is 0 Å². The van der Waals surface area contributed by atoms with Gasteiger partial charge in [0.2, 0.25) is 0 Å². The van der Waals surface area contributed by atoms with Crippen LogP contribution in [-0.4, -0.2) is 29.1 Å². The quantitative estimate of drug-likeness (QED) is 0.585. The molecule has 0 bridgehead atoms. The summed E-state index contributed by atoms with van der Waals surface area (Å²) in [4.78, 5) is 23.7. The summed E-state index contributed by atoms with van der Waals surface area (Å²) in [6, 6.07) is 0. The molecule has 0 amide bonds. The molecule has 6 atom stereocenters. The Morgan fingerprint density at radius 1 is 1.19 bits per heavy atom. The molecule has 0 unspecified atom stereocenters. The minimum atomic E-state index is -0.682. The predicted octanol–water partition coefficient (Wildman–Crippen LogP) is 4.12. The highest BCUT2D eigenvalue weighted by atomic mass is 16.5. The van der Waals surface area contributed by atoms with Gasteiger partial charge in [-0.05, 0) is 69.6 Å². The molecular formula is C23H32O4. The molecule has 4 aliphatic rings. The van der Waals surface area contributed by atoms with Gasteiger partial charge in [0.1, 0.15) is 11.9 Å². The molecule has 4 heteroatoms. The maximum atomic E-state index is 12.4. The van der Waals surface area contributed by atoms with E-state index in [2.05, 4.69) is 13.0 Å². The number of aliphatic hydroxyl groups is 1. The smallest absolute Gasteiger partial charge is 0.302 e. The third-order valence-electron chi connectivity index (χ3n) is 8.40. The van der Waals surface area contributed by atoms with E-state index in [9.17, 15) is 14.7 Å². The fourth-order valence-electron chi connectivity index (χ4n) is 6.67. The first kappa shape index (κ1) is 18.9. The third-order valence-corrected chi connectivity index (χ3v) is 8.40. The van der Waals surface area contributed by atoms with E-state index in [1.807, 2.05) is 6.92 Å². The van der Waals surface area contributed by atoms with Crippen LogP contribution in [0.2, 0.25) is 0 Å². The molecule has 148 valence electrons. The maximum Gasteiger partial charge on any atom is 0.302 e. The van der Waals surface area contributed by atoms with E-state index in [0.717, 1.165) is 38.5 Å². The highest BCUT2D eigenvalue weighted by Crippen LogP contribution is 2.62. The van der Waals surface area contributed by atoms with Crippen molar-refractivity contribution >= 4 is 11.8 Å². The molecule has 0 radical (unpaired) electrons. The predicted molar refractivity (Wildman–Crippen MR) is 103 cm³/mol. The molecule has 0 aromatic carbocycles. The molecule has 1 fully saturated rings. The van der Waals surface area contributed by atoms with Gasteiger partial charge in [0, 0.05) is 13.3 Å². The average molecular weight is 373 g/mol. The zero-order chi connectivity index (χ0) is 19.6. The molecule has 0 aromatic rings. The van der Waals surface area contributed by atoms with Gasteiger partial charge in [0.05, 0.1) is 11.5 Å². The van der Waals surface area contributed by atoms with Gasteiger partial charge in [-0.3, -0.25) is 9.59 Å². The van der Waals surface area contributed by atoms with E-state index in [4.69, 9.17) is 4.74 Å². The number of Topliss-reactive ketones (excluding diaryl/α,β-unsaturated/α-hetero) is 1. The van der Waals surface area contributed by atoms with E-state index in [1.165, 1.54) is 23.6 Å². The van der Waals surface area contributed by atoms with Crippen LogP contribution < -0.4 is 0 Å². The van der Waals surface area contributed by atoms with Crippen LogP contribution in [0.15, 0.2) is 22.8 Å². The highest BCUT2D eigenvalue weighted by Gasteiger charge is 2.55. The van der Waals surface area contributed by atoms with E-state index < -0.39 is 11.5 Å². The van der Waals surface area contributed by atoms with Crippen molar-refractivity contribution in [3.8, 4) is 0 Å². The molecule has 4 nitrogen and oxygen atoms in total. The number of fused-ring (bicyclic) bond motifs is 4. The molecular weight excluding hydrogens is 340 g/mol. The van der Waals surface area contributed by atoms with E-state index in [1.54, 1.807) is 6.92 Å². The van der Waals surface area contributed by atoms with Crippen molar-refractivity contribution in [2.75, 3.05) is 0 Å². The first-order valence-corrected chi connectivity index (χ1v) is 10.5. The lowest BCUT2D eigenvalue weighted by Crippen LogP contribution is -2.45. The van der Waals surface area contributed by atoms with Crippen LogP contribution in [0.1, 0.15) is 72.6 Å². The summed E-state index contributed by atoms with van der Waals surface area (Å²) in [6.45, 7) is 7.45. The first-order valence-electron chi connectivity index (χ1n) is 10.5. The number of hydrogen-bond acceptors (Lipinski definition) is 4. The Morgan fingerprint density at radius 3 is 2.59 bits per heavy atom. The lowest BCUT2D eigenvalue weighted by atomic mass is 9.52. The number of allylic oxidation sites excluding steroid dienone is 1. The van der Waals surface area contributed by atoms with Crippen LogP contribution in [0, 0.1) is 22.7 Å². The van der Waals surface area contributed by atoms with E-state index in [0.29, 0.717) is 18.3 Å². The minimum Gasteiger partial charge on any atom is -0.462 e. The normalized spacial score (nSPS) is 43.4. The molecule has 0 aromatic heterocycles. The minimum absolute atomic E-state index is 0.0195. The van der Waals surface area contributed by atoms with Crippen molar-refractivity contribution in [2.24, 2.45) is 22.7 Å². The molecule has 4 rings (SSSR count). The van der Waals surface area contributed by atoms with Gasteiger partial charge in [-0.2, -0.15) is 0 Å². The van der Waals surface area contributed by atoms with Crippen molar-refractivity contribution in [1.29, 1.82) is 0 Å². The molecule has 4 aliphatic carbocycles. The Bertz CT molecular complexity index is 747. The highest BCUT2D eigenvalue weighted by molar-refractivity contribution is 5.87. The molecule has 0 heterocycles. The maximum absolute atomic E-state index is 12.4. The largest absolute Gasteiger partial charge is 0.462 e. The van der Waals surface area contributed by atoms with Gasteiger partial charge in [0.15, 0.2) is 0 Å². The number of esters is 1. The van der Waals surface area contributed by atoms with Gasteiger partial charge in [-0.15, -0.1) is 0 Å². The lowest BCUT2D eigenvalue weighted by molar-refractivity contribution is -0.148. The summed E-state index contributed by atoms with van der Waals surface area (Å²) >= 11 is 0. The van der Waals surface area contributed by atoms with Crippen LogP contribution in [0.3, 0.4) is 0 Å². The summed E-state index contributed by atoms with van der Waals surface area (Å²) in [5, 5.41) is 10.7. The Kier molecular flexibility index (Phi) is 4.41. The second-order valence-electron chi connectivity index (χ2n) is 9.59. The number of ketones is 1. The Balaban J connectivity index is 1.65. The topological polar surface area (TPSA) is 63.6 Å². The fraction of sp³-hybridized carbons (Fsp3) is 0.739. The van der Waals surface area contributed by atoms with Crippen LogP contribution >= 0.6 is 0 Å². The Hall–Kier alpha value is -1.42. The number of carbonyl (C=O) groups is 2. The van der Waals surface area contributed by atoms with Crippen LogP contribution in [-0.2, 0) is 14.3 Å². The van der Waals surface area contributed by atoms with Gasteiger partial charge in [-0.1, -0.05) is 29.7 Å². The number of hydrogen-bond donors (Lipinski definition) is 1. The second-order valence-corrected chi connectivity index (χ2v) is 9.59. The molecule has 1 saturated carbocycles. The summed E-state index contributed by atoms with van der Waals surface area (Å²) in [7, 11) is 0. The van der Waals surface area contributed by atoms with E-state index in [-0.39, 0.29) is 23.3 Å². The Morgan fingerprint density at radius 2 is 1.93 bits per heavy atom. The summed E-state index contributed by atoms with van der Waals surface area (Å²) in [5.41, 5.74) is 3.53. The standard InChI is InChI=1S/C23H32O4/c1-13(24)23(4)20-8-7-19-17(18(20)12-21(23)26)6-5-15-11-16(27-14(2)25)9-10-22(15,19)3/h5,16-17,19,21,26H,6-12H2,1-4H3/t16-,17-,19-,21+,22-,23-/m0/s1. The first-order chi connectivity index (χ1) is 12.7. The van der Waals surface area contributed by atoms with E-state index >= 15 is 0 Å². The average Bonchev–Trinajstić information content (AvgIpc) is 2.87. The Labute approximate surface area is 162 Å². The molecule has 27 heavy (non-hydrogen) atoms. The van der Waals surface area contributed by atoms with Crippen molar-refractivity contribution in [1.82, 2.24) is 0 Å². The van der Waals surface area contributed by atoms with Crippen molar-refractivity contribution in [2.45, 2.75) is 84.8 Å². The summed E-state index contributed by atoms with van der Waals surface area (Å²) < 4.78 is 5.50. The molecule has 1 N–H and O–H groups in total. The van der Waals surface area contributed by atoms with Crippen molar-refractivity contribution < 1.29 is 19.4 Å². The summed E-state index contributed by atoms with van der Waals surface area (Å²) in [6.07, 6.45) is 8.32. The zero-order valence-electron chi connectivity index (χ0n) is 17.0. The monoisotopic (exact) mass is 372 g/mol. The number of aliphatic hydroxyl groups excluding tert-OH is 1. The van der Waals surface area contributed by atoms with Gasteiger partial charge in [-0.25, -0.2) is 0 Å².